The van der Waals surface area contributed by atoms with E-state index in [1.54, 1.807) is 0 Å². The number of nitrogens with one attached hydrogen (secondary N) is 1. The molecule has 0 spiro atoms. The summed E-state index contributed by atoms with van der Waals surface area (Å²) in [4.78, 5) is 21.7. The molecule has 0 radical (unpaired) electrons. The molecule has 132 valence electrons. The van der Waals surface area contributed by atoms with E-state index in [-0.39, 0.29) is 11.7 Å². The first kappa shape index (κ1) is 17.1. The molecule has 25 heavy (non-hydrogen) atoms. The average molecular weight is 339 g/mol. The van der Waals surface area contributed by atoms with E-state index in [1.807, 2.05) is 42.7 Å². The lowest BCUT2D eigenvalue weighted by Crippen LogP contribution is -2.37. The Kier molecular flexibility index (Phi) is 4.79. The molecule has 6 heteroatoms. The number of aromatic amines is 1. The van der Waals surface area contributed by atoms with E-state index in [0.717, 1.165) is 48.4 Å². The Bertz CT molecular complexity index is 894. The van der Waals surface area contributed by atoms with Gasteiger partial charge in [0.15, 0.2) is 0 Å². The summed E-state index contributed by atoms with van der Waals surface area (Å²) < 4.78 is 1.90. The molecule has 3 rings (SSSR count). The Labute approximate surface area is 147 Å². The second kappa shape index (κ2) is 7.01. The van der Waals surface area contributed by atoms with Crippen molar-refractivity contribution in [1.29, 1.82) is 0 Å². The summed E-state index contributed by atoms with van der Waals surface area (Å²) in [5.41, 5.74) is 10.6. The highest BCUT2D eigenvalue weighted by Crippen LogP contribution is 2.26. The van der Waals surface area contributed by atoms with Gasteiger partial charge < -0.3 is 15.6 Å². The minimum absolute atomic E-state index is 0.0274. The number of hydrogen-bond acceptors (Lipinski definition) is 4. The van der Waals surface area contributed by atoms with Gasteiger partial charge in [0.1, 0.15) is 0 Å². The number of H-pyrrole nitrogens is 1. The average Bonchev–Trinajstić information content (AvgIpc) is 2.96. The van der Waals surface area contributed by atoms with Gasteiger partial charge in [0.25, 0.3) is 0 Å². The molecule has 0 bridgehead atoms. The molecular formula is C19H25N5O. The van der Waals surface area contributed by atoms with Crippen molar-refractivity contribution >= 4 is 16.7 Å². The van der Waals surface area contributed by atoms with Crippen LogP contribution in [0.25, 0.3) is 11.0 Å². The molecule has 6 nitrogen and oxygen atoms in total. The van der Waals surface area contributed by atoms with Gasteiger partial charge in [0, 0.05) is 31.0 Å². The van der Waals surface area contributed by atoms with E-state index in [0.29, 0.717) is 5.70 Å². The number of likely N-dealkylation sites (tertiary alicyclic amines) is 1. The Balaban J connectivity index is 1.79. The molecule has 1 aliphatic heterocycles. The minimum Gasteiger partial charge on any atom is -0.396 e. The zero-order valence-electron chi connectivity index (χ0n) is 14.8. The largest absolute Gasteiger partial charge is 0.396 e. The number of allylic oxidation sites excluding steroid dienone is 2. The lowest BCUT2D eigenvalue weighted by Gasteiger charge is -2.35. The maximum absolute atomic E-state index is 12.4. The van der Waals surface area contributed by atoms with Crippen LogP contribution in [-0.4, -0.2) is 33.3 Å². The molecule has 0 unspecified atom stereocenters. The summed E-state index contributed by atoms with van der Waals surface area (Å²) in [6.07, 6.45) is 3.32. The van der Waals surface area contributed by atoms with Crippen molar-refractivity contribution in [3.63, 3.8) is 0 Å². The van der Waals surface area contributed by atoms with E-state index in [9.17, 15) is 4.79 Å². The second-order valence-electron chi connectivity index (χ2n) is 6.43. The van der Waals surface area contributed by atoms with Gasteiger partial charge >= 0.3 is 5.69 Å². The smallest absolute Gasteiger partial charge is 0.326 e. The van der Waals surface area contributed by atoms with E-state index in [1.165, 1.54) is 6.20 Å². The lowest BCUT2D eigenvalue weighted by atomic mass is 10.0. The number of para-hydroxylation sites is 2. The number of benzene rings is 1. The highest BCUT2D eigenvalue weighted by molar-refractivity contribution is 5.98. The zero-order chi connectivity index (χ0) is 18.0. The summed E-state index contributed by atoms with van der Waals surface area (Å²) in [6.45, 7) is 9.25. The predicted molar refractivity (Wildman–Crippen MR) is 103 cm³/mol. The number of nitrogens with zero attached hydrogens (tertiary/aromatic N) is 3. The Morgan fingerprint density at radius 3 is 2.68 bits per heavy atom. The van der Waals surface area contributed by atoms with E-state index >= 15 is 0 Å². The number of nitrogens with two attached hydrogens (primary N) is 1. The molecule has 0 atom stereocenters. The van der Waals surface area contributed by atoms with Gasteiger partial charge in [-0.25, -0.2) is 4.79 Å². The number of hydrogen-bond donors (Lipinski definition) is 2. The maximum atomic E-state index is 12.4. The molecule has 2 heterocycles. The maximum Gasteiger partial charge on any atom is 0.326 e. The summed E-state index contributed by atoms with van der Waals surface area (Å²) in [6, 6.07) is 8.05. The highest BCUT2D eigenvalue weighted by atomic mass is 16.1. The van der Waals surface area contributed by atoms with Crippen molar-refractivity contribution < 1.29 is 0 Å². The number of aromatic nitrogens is 2. The van der Waals surface area contributed by atoms with Crippen molar-refractivity contribution in [3.05, 3.63) is 58.9 Å². The lowest BCUT2D eigenvalue weighted by molar-refractivity contribution is 0.227. The third-order valence-corrected chi connectivity index (χ3v) is 4.99. The van der Waals surface area contributed by atoms with E-state index in [2.05, 4.69) is 21.5 Å². The highest BCUT2D eigenvalue weighted by Gasteiger charge is 2.24. The number of fused-ring (bicyclic) bond motifs is 1. The van der Waals surface area contributed by atoms with Crippen molar-refractivity contribution in [3.8, 4) is 0 Å². The number of piperidine rings is 1. The van der Waals surface area contributed by atoms with Gasteiger partial charge in [0.2, 0.25) is 0 Å². The summed E-state index contributed by atoms with van der Waals surface area (Å²) in [5.74, 6) is 0. The Hall–Kier alpha value is -2.76. The first-order valence-electron chi connectivity index (χ1n) is 8.59. The van der Waals surface area contributed by atoms with Gasteiger partial charge in [-0.15, -0.1) is 0 Å². The van der Waals surface area contributed by atoms with Crippen LogP contribution in [0.5, 0.6) is 0 Å². The molecule has 0 saturated carbocycles. The van der Waals surface area contributed by atoms with Crippen molar-refractivity contribution in [2.45, 2.75) is 32.7 Å². The first-order valence-corrected chi connectivity index (χ1v) is 8.59. The molecule has 0 aliphatic carbocycles. The fourth-order valence-electron chi connectivity index (χ4n) is 3.53. The normalized spacial score (nSPS) is 17.7. The topological polar surface area (TPSA) is 79.4 Å². The van der Waals surface area contributed by atoms with Crippen LogP contribution < -0.4 is 11.4 Å². The molecule has 1 aromatic heterocycles. The molecule has 2 aromatic rings. The molecule has 1 fully saturated rings. The zero-order valence-corrected chi connectivity index (χ0v) is 14.8. The Morgan fingerprint density at radius 2 is 2.00 bits per heavy atom. The second-order valence-corrected chi connectivity index (χ2v) is 6.43. The summed E-state index contributed by atoms with van der Waals surface area (Å²) in [5, 5.41) is 0. The van der Waals surface area contributed by atoms with Gasteiger partial charge in [0.05, 0.1) is 22.4 Å². The van der Waals surface area contributed by atoms with E-state index in [4.69, 9.17) is 5.73 Å². The van der Waals surface area contributed by atoms with E-state index < -0.39 is 0 Å². The van der Waals surface area contributed by atoms with Crippen LogP contribution in [0.1, 0.15) is 32.7 Å². The predicted octanol–water partition coefficient (Wildman–Crippen LogP) is 2.76. The molecule has 1 aliphatic rings. The minimum atomic E-state index is -0.0274. The van der Waals surface area contributed by atoms with Gasteiger partial charge in [-0.1, -0.05) is 18.7 Å². The van der Waals surface area contributed by atoms with Crippen LogP contribution in [0.2, 0.25) is 0 Å². The van der Waals surface area contributed by atoms with Crippen molar-refractivity contribution in [1.82, 2.24) is 14.5 Å². The molecule has 3 N–H and O–H groups in total. The Morgan fingerprint density at radius 1 is 1.32 bits per heavy atom. The van der Waals surface area contributed by atoms with Crippen LogP contribution in [-0.2, 0) is 0 Å². The fourth-order valence-corrected chi connectivity index (χ4v) is 3.53. The fraction of sp³-hybridized carbons (Fsp3) is 0.368. The van der Waals surface area contributed by atoms with Gasteiger partial charge in [-0.2, -0.15) is 0 Å². The van der Waals surface area contributed by atoms with Crippen LogP contribution in [0.4, 0.5) is 0 Å². The molecular weight excluding hydrogens is 314 g/mol. The molecule has 1 saturated heterocycles. The number of rotatable bonds is 4. The monoisotopic (exact) mass is 339 g/mol. The third kappa shape index (κ3) is 3.24. The van der Waals surface area contributed by atoms with Crippen molar-refractivity contribution in [2.75, 3.05) is 13.1 Å². The first-order chi connectivity index (χ1) is 12.0. The van der Waals surface area contributed by atoms with Crippen LogP contribution in [0.15, 0.2) is 58.2 Å². The third-order valence-electron chi connectivity index (χ3n) is 4.99. The summed E-state index contributed by atoms with van der Waals surface area (Å²) >= 11 is 0. The standard InChI is InChI=1S/C19H25N5O/c1-4-21-13(2)18(20)14(3)23-11-9-15(10-12-23)24-17-8-6-5-7-16(17)22-19(24)25/h4-8,15H,1,9-12,20H2,2-3H3,(H,22,25)/b18-14-,21-13?. The SMILES string of the molecule is C=CN=C(C)/C(N)=C(\C)N1CCC(n2c(=O)[nH]c3ccccc32)CC1. The summed E-state index contributed by atoms with van der Waals surface area (Å²) in [7, 11) is 0. The van der Waals surface area contributed by atoms with Gasteiger partial charge in [-0.05, 0) is 38.8 Å². The quantitative estimate of drug-likeness (QED) is 0.841. The number of imidazole rings is 1. The van der Waals surface area contributed by atoms with Crippen LogP contribution in [0, 0.1) is 0 Å². The molecule has 1 aromatic carbocycles. The van der Waals surface area contributed by atoms with Crippen molar-refractivity contribution in [2.24, 2.45) is 10.7 Å². The van der Waals surface area contributed by atoms with Gasteiger partial charge in [-0.3, -0.25) is 9.56 Å². The van der Waals surface area contributed by atoms with Crippen LogP contribution >= 0.6 is 0 Å². The number of aliphatic imine (C=N–C) groups is 1. The van der Waals surface area contributed by atoms with Crippen LogP contribution in [0.3, 0.4) is 0 Å². The molecule has 0 amide bonds.